The van der Waals surface area contributed by atoms with Crippen LogP contribution in [-0.4, -0.2) is 25.0 Å². The van der Waals surface area contributed by atoms with Gasteiger partial charge in [-0.25, -0.2) is 4.39 Å². The molecule has 0 atom stereocenters. The fourth-order valence-electron chi connectivity index (χ4n) is 4.30. The van der Waals surface area contributed by atoms with Crippen molar-refractivity contribution in [3.05, 3.63) is 101 Å². The van der Waals surface area contributed by atoms with Crippen molar-refractivity contribution in [2.75, 3.05) is 6.26 Å². The third-order valence-corrected chi connectivity index (χ3v) is 5.74. The van der Waals surface area contributed by atoms with Gasteiger partial charge in [-0.3, -0.25) is 4.79 Å². The molecule has 0 saturated heterocycles. The zero-order chi connectivity index (χ0) is 32.1. The number of halogens is 1. The molecule has 0 radical (unpaired) electrons. The number of nitrogens with zero attached hydrogens (tertiary/aromatic N) is 1. The van der Waals surface area contributed by atoms with Crippen molar-refractivity contribution in [1.29, 1.82) is 0 Å². The summed E-state index contributed by atoms with van der Waals surface area (Å²) in [5.74, 6) is -0.291. The van der Waals surface area contributed by atoms with Crippen LogP contribution in [0, 0.1) is 19.7 Å². The van der Waals surface area contributed by atoms with Crippen LogP contribution in [0.25, 0.3) is 16.5 Å². The topological polar surface area (TPSA) is 56.1 Å². The van der Waals surface area contributed by atoms with Crippen LogP contribution in [-0.2, 0) is 18.1 Å². The highest BCUT2D eigenvalue weighted by atomic mass is 32.1. The van der Waals surface area contributed by atoms with Gasteiger partial charge >= 0.3 is 11.6 Å². The molecule has 4 rings (SSSR count). The van der Waals surface area contributed by atoms with E-state index < -0.39 is 11.6 Å². The Bertz CT molecular complexity index is 1350. The molecule has 4 nitrogen and oxygen atoms in total. The number of hydrogen-bond donors (Lipinski definition) is 1. The Kier molecular flexibility index (Phi) is 25.4. The van der Waals surface area contributed by atoms with E-state index in [0.29, 0.717) is 17.8 Å². The molecule has 2 aromatic carbocycles. The summed E-state index contributed by atoms with van der Waals surface area (Å²) in [6.45, 7) is 22.2. The average Bonchev–Trinajstić information content (AvgIpc) is 3.13. The molecule has 0 fully saturated rings. The third kappa shape index (κ3) is 12.1. The van der Waals surface area contributed by atoms with Crippen molar-refractivity contribution in [1.82, 2.24) is 4.57 Å². The van der Waals surface area contributed by atoms with E-state index in [1.165, 1.54) is 6.07 Å². The van der Waals surface area contributed by atoms with Crippen molar-refractivity contribution in [3.63, 3.8) is 0 Å². The third-order valence-electron chi connectivity index (χ3n) is 5.74. The van der Waals surface area contributed by atoms with Crippen LogP contribution in [0.5, 0.6) is 0 Å². The summed E-state index contributed by atoms with van der Waals surface area (Å²) in [7, 11) is 0. The maximum Gasteiger partial charge on any atom is 0.335 e. The van der Waals surface area contributed by atoms with Gasteiger partial charge in [0.2, 0.25) is 0 Å². The molecule has 0 N–H and O–H groups in total. The zero-order valence-corrected chi connectivity index (χ0v) is 28.1. The van der Waals surface area contributed by atoms with Gasteiger partial charge in [0.1, 0.15) is 5.82 Å². The molecule has 0 spiro atoms. The maximum atomic E-state index is 14.6. The Balaban J connectivity index is -0.00000113. The Morgan fingerprint density at radius 2 is 1.50 bits per heavy atom. The molecule has 3 aromatic rings. The van der Waals surface area contributed by atoms with Crippen LogP contribution in [0.15, 0.2) is 66.8 Å². The molecule has 1 aliphatic carbocycles. The number of ketones is 1. The van der Waals surface area contributed by atoms with Crippen LogP contribution >= 0.6 is 12.6 Å². The van der Waals surface area contributed by atoms with Crippen molar-refractivity contribution in [2.24, 2.45) is 0 Å². The lowest BCUT2D eigenvalue weighted by molar-refractivity contribution is 0.100. The molecular weight excluding hydrogens is 566 g/mol. The summed E-state index contributed by atoms with van der Waals surface area (Å²) in [5.41, 5.74) is 7.16. The SMILES string of the molecule is C.C=C1CCC=CC=C1c1c(C(C)=O)n(Cc2cc(C)ccc2F)c2ccc(C)cc12.CC.CC.CC.CS.O=S=O. The van der Waals surface area contributed by atoms with E-state index in [9.17, 15) is 9.18 Å². The first-order valence-corrected chi connectivity index (χ1v) is 15.6. The minimum absolute atomic E-state index is 0. The van der Waals surface area contributed by atoms with E-state index in [4.69, 9.17) is 8.42 Å². The molecule has 1 aliphatic rings. The number of fused-ring (bicyclic) bond motifs is 1. The first-order chi connectivity index (χ1) is 19.8. The van der Waals surface area contributed by atoms with Crippen molar-refractivity contribution in [3.8, 4) is 0 Å². The summed E-state index contributed by atoms with van der Waals surface area (Å²) in [6.07, 6.45) is 9.69. The Morgan fingerprint density at radius 3 is 2.05 bits per heavy atom. The smallest absolute Gasteiger partial charge is 0.333 e. The largest absolute Gasteiger partial charge is 0.335 e. The van der Waals surface area contributed by atoms with Gasteiger partial charge in [-0.1, -0.05) is 103 Å². The van der Waals surface area contributed by atoms with Crippen LogP contribution in [0.1, 0.15) is 101 Å². The standard InChI is InChI=1S/C27H26FNO.3C2H6.CH4S.CH4.O2S/c1-17-10-12-24(28)21(14-17)16-29-25-13-11-18(2)15-23(25)26(27(29)20(4)30)22-9-7-5-6-8-19(22)3;4*1-2;;1-3-2/h5,7,9-15H,3,6,8,16H2,1-2,4H3;3*1-2H3;2H,1H3;1H4;. The van der Waals surface area contributed by atoms with Crippen molar-refractivity contribution < 1.29 is 17.6 Å². The number of thiol groups is 1. The van der Waals surface area contributed by atoms with Crippen LogP contribution < -0.4 is 0 Å². The quantitative estimate of drug-likeness (QED) is 0.234. The van der Waals surface area contributed by atoms with Crippen LogP contribution in [0.3, 0.4) is 0 Å². The van der Waals surface area contributed by atoms with Gasteiger partial charge in [-0.05, 0) is 62.3 Å². The molecule has 0 bridgehead atoms. The second-order valence-electron chi connectivity index (χ2n) is 8.20. The number of carbonyl (C=O) groups is 1. The molecule has 42 heavy (non-hydrogen) atoms. The minimum Gasteiger partial charge on any atom is -0.333 e. The number of benzene rings is 2. The predicted molar refractivity (Wildman–Crippen MR) is 187 cm³/mol. The van der Waals surface area contributed by atoms with E-state index in [1.54, 1.807) is 19.2 Å². The average molecular weight is 618 g/mol. The summed E-state index contributed by atoms with van der Waals surface area (Å²) >= 11 is 2.78. The van der Waals surface area contributed by atoms with Gasteiger partial charge < -0.3 is 4.57 Å². The molecule has 234 valence electrons. The maximum absolute atomic E-state index is 14.6. The fraction of sp³-hybridized carbons (Fsp3) is 0.400. The predicted octanol–water partition coefficient (Wildman–Crippen LogP) is 10.5. The second-order valence-corrected chi connectivity index (χ2v) is 8.34. The van der Waals surface area contributed by atoms with Gasteiger partial charge in [0.25, 0.3) is 0 Å². The second kappa shape index (κ2) is 24.6. The fourth-order valence-corrected chi connectivity index (χ4v) is 4.30. The van der Waals surface area contributed by atoms with Crippen LogP contribution in [0.4, 0.5) is 4.39 Å². The summed E-state index contributed by atoms with van der Waals surface area (Å²) in [6, 6.07) is 11.3. The van der Waals surface area contributed by atoms with E-state index in [-0.39, 0.29) is 19.0 Å². The number of Topliss-reactive ketones (excluding diaryl/α,β-unsaturated/α-hetero) is 1. The monoisotopic (exact) mass is 617 g/mol. The first kappa shape index (κ1) is 43.4. The molecular formula is C35H52FNO3S2. The van der Waals surface area contributed by atoms with E-state index in [2.05, 4.69) is 37.4 Å². The Labute approximate surface area is 263 Å². The van der Waals surface area contributed by atoms with Gasteiger partial charge in [0.05, 0.1) is 12.2 Å². The van der Waals surface area contributed by atoms with Gasteiger partial charge in [0.15, 0.2) is 5.78 Å². The molecule has 7 heteroatoms. The highest BCUT2D eigenvalue weighted by molar-refractivity contribution is 7.79. The van der Waals surface area contributed by atoms with Gasteiger partial charge in [-0.15, -0.1) is 0 Å². The summed E-state index contributed by atoms with van der Waals surface area (Å²) in [5, 5.41) is 1.01. The number of rotatable bonds is 4. The lowest BCUT2D eigenvalue weighted by Gasteiger charge is -2.13. The van der Waals surface area contributed by atoms with Crippen LogP contribution in [0.2, 0.25) is 0 Å². The molecule has 0 unspecified atom stereocenters. The Morgan fingerprint density at radius 1 is 0.976 bits per heavy atom. The lowest BCUT2D eigenvalue weighted by atomic mass is 9.93. The lowest BCUT2D eigenvalue weighted by Crippen LogP contribution is -2.11. The highest BCUT2D eigenvalue weighted by Crippen LogP contribution is 2.38. The number of allylic oxidation sites excluding steroid dienone is 5. The van der Waals surface area contributed by atoms with Crippen molar-refractivity contribution >= 4 is 46.5 Å². The Hall–Kier alpha value is -3.03. The summed E-state index contributed by atoms with van der Waals surface area (Å²) in [4.78, 5) is 12.9. The van der Waals surface area contributed by atoms with E-state index in [0.717, 1.165) is 51.6 Å². The number of carbonyl (C=O) groups excluding carboxylic acids is 1. The van der Waals surface area contributed by atoms with Gasteiger partial charge in [0, 0.05) is 29.0 Å². The molecule has 1 heterocycles. The van der Waals surface area contributed by atoms with Gasteiger partial charge in [-0.2, -0.15) is 21.0 Å². The number of hydrogen-bond acceptors (Lipinski definition) is 4. The molecule has 0 saturated carbocycles. The molecule has 0 aliphatic heterocycles. The number of aryl methyl sites for hydroxylation is 2. The first-order valence-electron chi connectivity index (χ1n) is 14.1. The zero-order valence-electron chi connectivity index (χ0n) is 26.4. The minimum atomic E-state index is -0.750. The summed E-state index contributed by atoms with van der Waals surface area (Å²) < 4.78 is 33.1. The normalized spacial score (nSPS) is 11.0. The molecule has 1 aromatic heterocycles. The van der Waals surface area contributed by atoms with E-state index in [1.807, 2.05) is 84.2 Å². The van der Waals surface area contributed by atoms with Crippen molar-refractivity contribution in [2.45, 2.75) is 89.1 Å². The molecule has 0 amide bonds. The van der Waals surface area contributed by atoms with E-state index >= 15 is 0 Å². The number of aromatic nitrogens is 1. The highest BCUT2D eigenvalue weighted by Gasteiger charge is 2.25.